The second-order valence-electron chi connectivity index (χ2n) is 6.09. The highest BCUT2D eigenvalue weighted by Gasteiger charge is 2.13. The summed E-state index contributed by atoms with van der Waals surface area (Å²) in [4.78, 5) is 19.0. The number of aromatic nitrogens is 1. The van der Waals surface area contributed by atoms with Crippen LogP contribution in [0.5, 0.6) is 11.5 Å². The van der Waals surface area contributed by atoms with Crippen LogP contribution in [-0.4, -0.2) is 30.0 Å². The molecule has 5 nitrogen and oxygen atoms in total. The highest BCUT2D eigenvalue weighted by Crippen LogP contribution is 2.28. The number of amides is 1. The van der Waals surface area contributed by atoms with Crippen LogP contribution in [0.4, 0.5) is 0 Å². The summed E-state index contributed by atoms with van der Waals surface area (Å²) in [5.74, 6) is 1.20. The number of rotatable bonds is 8. The Kier molecular flexibility index (Phi) is 6.81. The molecule has 0 atom stereocenters. The van der Waals surface area contributed by atoms with E-state index >= 15 is 0 Å². The minimum atomic E-state index is -0.0772. The van der Waals surface area contributed by atoms with Crippen LogP contribution in [-0.2, 0) is 17.9 Å². The van der Waals surface area contributed by atoms with E-state index in [-0.39, 0.29) is 5.91 Å². The van der Waals surface area contributed by atoms with Crippen molar-refractivity contribution in [1.82, 2.24) is 9.88 Å². The summed E-state index contributed by atoms with van der Waals surface area (Å²) < 4.78 is 10.6. The maximum Gasteiger partial charge on any atom is 0.247 e. The second-order valence-corrected chi connectivity index (χ2v) is 6.87. The number of carbonyl (C=O) groups excluding carboxylic acids is 1. The van der Waals surface area contributed by atoms with Gasteiger partial charge in [0.15, 0.2) is 11.5 Å². The average molecular weight is 394 g/mol. The summed E-state index contributed by atoms with van der Waals surface area (Å²) in [6.45, 7) is 0.987. The van der Waals surface area contributed by atoms with E-state index in [9.17, 15) is 4.79 Å². The van der Waals surface area contributed by atoms with Crippen molar-refractivity contribution in [3.8, 4) is 11.5 Å². The number of nitrogens with zero attached hydrogens (tertiary/aromatic N) is 2. The fourth-order valence-electron chi connectivity index (χ4n) is 2.73. The SMILES string of the molecule is COc1ccc(/C=C/C(=O)N(Cc2ccsc2)Cc2ccccn2)cc1OC. The molecular formula is C22H22N2O3S. The zero-order chi connectivity index (χ0) is 19.8. The van der Waals surface area contributed by atoms with Gasteiger partial charge in [-0.05, 0) is 58.3 Å². The molecule has 0 aliphatic rings. The van der Waals surface area contributed by atoms with Gasteiger partial charge in [0.25, 0.3) is 0 Å². The van der Waals surface area contributed by atoms with Crippen LogP contribution in [0.25, 0.3) is 6.08 Å². The van der Waals surface area contributed by atoms with E-state index in [1.807, 2.05) is 47.8 Å². The summed E-state index contributed by atoms with van der Waals surface area (Å²) in [6.07, 6.45) is 5.10. The zero-order valence-corrected chi connectivity index (χ0v) is 16.7. The molecule has 3 rings (SSSR count). The summed E-state index contributed by atoms with van der Waals surface area (Å²) in [5.41, 5.74) is 2.82. The fraction of sp³-hybridized carbons (Fsp3) is 0.182. The average Bonchev–Trinajstić information content (AvgIpc) is 3.25. The Morgan fingerprint density at radius 1 is 1.11 bits per heavy atom. The van der Waals surface area contributed by atoms with Crippen LogP contribution < -0.4 is 9.47 Å². The van der Waals surface area contributed by atoms with Crippen molar-refractivity contribution < 1.29 is 14.3 Å². The zero-order valence-electron chi connectivity index (χ0n) is 15.9. The van der Waals surface area contributed by atoms with Crippen LogP contribution in [0.1, 0.15) is 16.8 Å². The van der Waals surface area contributed by atoms with Gasteiger partial charge >= 0.3 is 0 Å². The van der Waals surface area contributed by atoms with E-state index in [0.29, 0.717) is 24.6 Å². The molecule has 0 aliphatic heterocycles. The third-order valence-electron chi connectivity index (χ3n) is 4.17. The molecular weight excluding hydrogens is 372 g/mol. The maximum absolute atomic E-state index is 12.9. The van der Waals surface area contributed by atoms with E-state index < -0.39 is 0 Å². The number of carbonyl (C=O) groups is 1. The summed E-state index contributed by atoms with van der Waals surface area (Å²) in [6, 6.07) is 13.3. The van der Waals surface area contributed by atoms with Crippen molar-refractivity contribution in [3.05, 3.63) is 82.3 Å². The Balaban J connectivity index is 1.77. The second kappa shape index (κ2) is 9.71. The van der Waals surface area contributed by atoms with Gasteiger partial charge < -0.3 is 14.4 Å². The molecule has 3 aromatic rings. The Labute approximate surface area is 168 Å². The van der Waals surface area contributed by atoms with E-state index in [1.54, 1.807) is 48.8 Å². The predicted octanol–water partition coefficient (Wildman–Crippen LogP) is 4.40. The van der Waals surface area contributed by atoms with Gasteiger partial charge in [-0.3, -0.25) is 9.78 Å². The standard InChI is InChI=1S/C22H22N2O3S/c1-26-20-8-6-17(13-21(20)27-2)7-9-22(25)24(14-18-10-12-28-16-18)15-19-5-3-4-11-23-19/h3-13,16H,14-15H2,1-2H3/b9-7+. The molecule has 144 valence electrons. The minimum Gasteiger partial charge on any atom is -0.493 e. The van der Waals surface area contributed by atoms with Gasteiger partial charge in [0.05, 0.1) is 26.5 Å². The molecule has 0 unspecified atom stereocenters. The van der Waals surface area contributed by atoms with Crippen LogP contribution in [0, 0.1) is 0 Å². The first-order valence-electron chi connectivity index (χ1n) is 8.79. The van der Waals surface area contributed by atoms with Crippen LogP contribution in [0.2, 0.25) is 0 Å². The molecule has 1 aromatic carbocycles. The van der Waals surface area contributed by atoms with E-state index in [4.69, 9.17) is 9.47 Å². The molecule has 0 N–H and O–H groups in total. The quantitative estimate of drug-likeness (QED) is 0.531. The van der Waals surface area contributed by atoms with E-state index in [0.717, 1.165) is 16.8 Å². The number of methoxy groups -OCH3 is 2. The monoisotopic (exact) mass is 394 g/mol. The lowest BCUT2D eigenvalue weighted by Gasteiger charge is -2.20. The first-order chi connectivity index (χ1) is 13.7. The van der Waals surface area contributed by atoms with Gasteiger partial charge in [-0.2, -0.15) is 11.3 Å². The molecule has 0 spiro atoms. The normalized spacial score (nSPS) is 10.8. The number of thiophene rings is 1. The number of hydrogen-bond donors (Lipinski definition) is 0. The molecule has 28 heavy (non-hydrogen) atoms. The van der Waals surface area contributed by atoms with E-state index in [2.05, 4.69) is 10.4 Å². The van der Waals surface area contributed by atoms with Gasteiger partial charge in [-0.15, -0.1) is 0 Å². The predicted molar refractivity (Wildman–Crippen MR) is 111 cm³/mol. The highest BCUT2D eigenvalue weighted by atomic mass is 32.1. The Morgan fingerprint density at radius 2 is 1.96 bits per heavy atom. The van der Waals surface area contributed by atoms with Crippen LogP contribution in [0.15, 0.2) is 65.5 Å². The molecule has 1 amide bonds. The summed E-state index contributed by atoms with van der Waals surface area (Å²) in [7, 11) is 3.18. The Morgan fingerprint density at radius 3 is 2.64 bits per heavy atom. The molecule has 2 aromatic heterocycles. The van der Waals surface area contributed by atoms with Gasteiger partial charge in [-0.1, -0.05) is 12.1 Å². The lowest BCUT2D eigenvalue weighted by molar-refractivity contribution is -0.127. The van der Waals surface area contributed by atoms with Crippen molar-refractivity contribution in [2.24, 2.45) is 0 Å². The number of ether oxygens (including phenoxy) is 2. The smallest absolute Gasteiger partial charge is 0.247 e. The van der Waals surface area contributed by atoms with Gasteiger partial charge in [0, 0.05) is 18.8 Å². The van der Waals surface area contributed by atoms with E-state index in [1.165, 1.54) is 0 Å². The molecule has 0 saturated carbocycles. The number of pyridine rings is 1. The molecule has 6 heteroatoms. The summed E-state index contributed by atoms with van der Waals surface area (Å²) >= 11 is 1.62. The van der Waals surface area contributed by atoms with Gasteiger partial charge in [0.2, 0.25) is 5.91 Å². The topological polar surface area (TPSA) is 51.7 Å². The lowest BCUT2D eigenvalue weighted by Crippen LogP contribution is -2.28. The molecule has 0 bridgehead atoms. The van der Waals surface area contributed by atoms with Crippen molar-refractivity contribution in [1.29, 1.82) is 0 Å². The van der Waals surface area contributed by atoms with Crippen molar-refractivity contribution in [2.75, 3.05) is 14.2 Å². The fourth-order valence-corrected chi connectivity index (χ4v) is 3.39. The number of benzene rings is 1. The molecule has 0 saturated heterocycles. The highest BCUT2D eigenvalue weighted by molar-refractivity contribution is 7.07. The molecule has 0 fully saturated rings. The largest absolute Gasteiger partial charge is 0.493 e. The summed E-state index contributed by atoms with van der Waals surface area (Å²) in [5, 5.41) is 4.06. The van der Waals surface area contributed by atoms with Crippen molar-refractivity contribution in [3.63, 3.8) is 0 Å². The molecule has 2 heterocycles. The minimum absolute atomic E-state index is 0.0772. The third kappa shape index (κ3) is 5.20. The number of hydrogen-bond acceptors (Lipinski definition) is 5. The van der Waals surface area contributed by atoms with Gasteiger partial charge in [-0.25, -0.2) is 0 Å². The maximum atomic E-state index is 12.9. The lowest BCUT2D eigenvalue weighted by atomic mass is 10.1. The van der Waals surface area contributed by atoms with Crippen molar-refractivity contribution >= 4 is 23.3 Å². The van der Waals surface area contributed by atoms with Gasteiger partial charge in [0.1, 0.15) is 0 Å². The Bertz CT molecular complexity index is 924. The first kappa shape index (κ1) is 19.6. The Hall–Kier alpha value is -3.12. The molecule has 0 radical (unpaired) electrons. The molecule has 0 aliphatic carbocycles. The van der Waals surface area contributed by atoms with Crippen LogP contribution in [0.3, 0.4) is 0 Å². The van der Waals surface area contributed by atoms with Crippen LogP contribution >= 0.6 is 11.3 Å². The third-order valence-corrected chi connectivity index (χ3v) is 4.90. The first-order valence-corrected chi connectivity index (χ1v) is 9.74. The van der Waals surface area contributed by atoms with Crippen molar-refractivity contribution in [2.45, 2.75) is 13.1 Å².